The Hall–Kier alpha value is -1.69. The third kappa shape index (κ3) is 9.11. The van der Waals surface area contributed by atoms with Crippen molar-refractivity contribution in [3.63, 3.8) is 0 Å². The summed E-state index contributed by atoms with van der Waals surface area (Å²) in [5, 5.41) is 8.38. The van der Waals surface area contributed by atoms with Crippen LogP contribution < -0.4 is 9.44 Å². The number of fused-ring (bicyclic) bond motifs is 1. The molecule has 0 saturated heterocycles. The summed E-state index contributed by atoms with van der Waals surface area (Å²) < 4.78 is 42.6. The zero-order chi connectivity index (χ0) is 21.3. The van der Waals surface area contributed by atoms with Crippen molar-refractivity contribution < 1.29 is 37.3 Å². The number of carboxylic acids is 1. The normalized spacial score (nSPS) is 25.7. The highest BCUT2D eigenvalue weighted by molar-refractivity contribution is 7.88. The fourth-order valence-corrected chi connectivity index (χ4v) is 4.32. The summed E-state index contributed by atoms with van der Waals surface area (Å²) in [5.74, 6) is 0.345. The van der Waals surface area contributed by atoms with E-state index in [9.17, 15) is 18.0 Å². The lowest BCUT2D eigenvalue weighted by Gasteiger charge is -2.09. The lowest BCUT2D eigenvalue weighted by molar-refractivity contribution is -0.142. The predicted molar refractivity (Wildman–Crippen MR) is 103 cm³/mol. The van der Waals surface area contributed by atoms with Gasteiger partial charge in [-0.1, -0.05) is 11.6 Å². The van der Waals surface area contributed by atoms with E-state index >= 15 is 0 Å². The predicted octanol–water partition coefficient (Wildman–Crippen LogP) is 1.05. The van der Waals surface area contributed by atoms with E-state index in [1.54, 1.807) is 0 Å². The first-order chi connectivity index (χ1) is 13.8. The van der Waals surface area contributed by atoms with Gasteiger partial charge in [-0.15, -0.1) is 0 Å². The van der Waals surface area contributed by atoms with Gasteiger partial charge in [0.25, 0.3) is 0 Å². The second-order valence-corrected chi connectivity index (χ2v) is 8.81. The average Bonchev–Trinajstić information content (AvgIpc) is 3.28. The highest BCUT2D eigenvalue weighted by atomic mass is 32.2. The molecule has 0 bridgehead atoms. The maximum absolute atomic E-state index is 11.8. The van der Waals surface area contributed by atoms with Crippen LogP contribution in [0.15, 0.2) is 11.6 Å². The number of amides is 1. The van der Waals surface area contributed by atoms with E-state index in [1.807, 2.05) is 4.72 Å². The second kappa shape index (κ2) is 11.5. The lowest BCUT2D eigenvalue weighted by Crippen LogP contribution is -2.42. The molecule has 2 aliphatic carbocycles. The molecule has 0 aromatic carbocycles. The molecule has 11 heteroatoms. The number of carboxylic acid groups (broad SMARTS) is 1. The van der Waals surface area contributed by atoms with Crippen molar-refractivity contribution in [2.75, 3.05) is 39.6 Å². The Bertz CT molecular complexity index is 694. The van der Waals surface area contributed by atoms with E-state index in [1.165, 1.54) is 5.57 Å². The van der Waals surface area contributed by atoms with Crippen LogP contribution >= 0.6 is 0 Å². The summed E-state index contributed by atoms with van der Waals surface area (Å²) in [6, 6.07) is 0. The molecule has 1 saturated carbocycles. The fraction of sp³-hybridized carbons (Fsp3) is 0.778. The van der Waals surface area contributed by atoms with Crippen molar-refractivity contribution >= 4 is 22.3 Å². The van der Waals surface area contributed by atoms with E-state index in [-0.39, 0.29) is 33.0 Å². The molecule has 2 aliphatic rings. The molecule has 0 aromatic rings. The molecule has 1 amide bonds. The Morgan fingerprint density at radius 1 is 1.17 bits per heavy atom. The molecule has 3 atom stereocenters. The van der Waals surface area contributed by atoms with Gasteiger partial charge in [-0.2, -0.15) is 13.1 Å². The minimum Gasteiger partial charge on any atom is -0.480 e. The van der Waals surface area contributed by atoms with Gasteiger partial charge in [-0.3, -0.25) is 0 Å². The smallest absolute Gasteiger partial charge is 0.421 e. The van der Waals surface area contributed by atoms with Gasteiger partial charge in [0, 0.05) is 6.54 Å². The maximum Gasteiger partial charge on any atom is 0.421 e. The standard InChI is InChI=1S/C18H30N2O8S/c1-13-3-2-4-14-15(6-5-13)16(14)11-28-18(23)20-29(24,25)19-7-8-26-9-10-27-12-17(21)22/h3,14-16,19H,2,4-12H2,1H3,(H,20,23)(H,21,22)/b13-3+/t14-,15+,16-/m1/s1. The molecule has 3 N–H and O–H groups in total. The van der Waals surface area contributed by atoms with Crippen molar-refractivity contribution in [1.29, 1.82) is 0 Å². The summed E-state index contributed by atoms with van der Waals surface area (Å²) in [7, 11) is -4.03. The number of hydrogen-bond acceptors (Lipinski definition) is 7. The third-order valence-electron chi connectivity index (χ3n) is 5.13. The molecule has 0 unspecified atom stereocenters. The summed E-state index contributed by atoms with van der Waals surface area (Å²) in [6.07, 6.45) is 5.55. The number of rotatable bonds is 12. The zero-order valence-corrected chi connectivity index (χ0v) is 17.4. The van der Waals surface area contributed by atoms with Crippen LogP contribution in [0.5, 0.6) is 0 Å². The van der Waals surface area contributed by atoms with Crippen molar-refractivity contribution in [3.05, 3.63) is 11.6 Å². The van der Waals surface area contributed by atoms with Crippen molar-refractivity contribution in [1.82, 2.24) is 9.44 Å². The first-order valence-corrected chi connectivity index (χ1v) is 11.2. The number of ether oxygens (including phenoxy) is 3. The summed E-state index contributed by atoms with van der Waals surface area (Å²) in [4.78, 5) is 22.0. The number of carbonyl (C=O) groups excluding carboxylic acids is 1. The van der Waals surface area contributed by atoms with Crippen LogP contribution in [0.1, 0.15) is 32.6 Å². The largest absolute Gasteiger partial charge is 0.480 e. The van der Waals surface area contributed by atoms with Crippen LogP contribution in [0.4, 0.5) is 4.79 Å². The number of nitrogens with one attached hydrogen (secondary N) is 2. The first kappa shape index (κ1) is 23.6. The number of allylic oxidation sites excluding steroid dienone is 2. The molecule has 0 spiro atoms. The summed E-state index contributed by atoms with van der Waals surface area (Å²) >= 11 is 0. The molecule has 0 aromatic heterocycles. The van der Waals surface area contributed by atoms with Crippen LogP contribution in [0.25, 0.3) is 0 Å². The van der Waals surface area contributed by atoms with Gasteiger partial charge in [0.05, 0.1) is 26.4 Å². The van der Waals surface area contributed by atoms with Crippen LogP contribution in [-0.4, -0.2) is 65.2 Å². The van der Waals surface area contributed by atoms with E-state index in [0.717, 1.165) is 25.7 Å². The number of aliphatic carboxylic acids is 1. The van der Waals surface area contributed by atoms with Gasteiger partial charge in [-0.25, -0.2) is 14.3 Å². The van der Waals surface area contributed by atoms with Gasteiger partial charge in [0.2, 0.25) is 0 Å². The molecular formula is C18H30N2O8S. The highest BCUT2D eigenvalue weighted by Gasteiger charge is 2.49. The van der Waals surface area contributed by atoms with Crippen LogP contribution in [-0.2, 0) is 29.2 Å². The third-order valence-corrected chi connectivity index (χ3v) is 6.15. The van der Waals surface area contributed by atoms with Crippen LogP contribution in [0, 0.1) is 17.8 Å². The molecule has 1 fully saturated rings. The van der Waals surface area contributed by atoms with Crippen LogP contribution in [0.2, 0.25) is 0 Å². The van der Waals surface area contributed by atoms with Crippen LogP contribution in [0.3, 0.4) is 0 Å². The van der Waals surface area contributed by atoms with E-state index < -0.39 is 28.9 Å². The Morgan fingerprint density at radius 2 is 1.90 bits per heavy atom. The molecule has 10 nitrogen and oxygen atoms in total. The van der Waals surface area contributed by atoms with Gasteiger partial charge >= 0.3 is 22.3 Å². The SMILES string of the molecule is C/C1=C\CC[C@@H]2[C@H](CC1)[C@@H]2COC(=O)NS(=O)(=O)NCCOCCOCC(=O)O. The van der Waals surface area contributed by atoms with Crippen molar-refractivity contribution in [2.24, 2.45) is 17.8 Å². The first-order valence-electron chi connectivity index (χ1n) is 9.75. The molecule has 0 heterocycles. The Kier molecular flexibility index (Phi) is 9.34. The summed E-state index contributed by atoms with van der Waals surface area (Å²) in [5.41, 5.74) is 1.40. The Balaban J connectivity index is 1.54. The van der Waals surface area contributed by atoms with Gasteiger partial charge < -0.3 is 19.3 Å². The Labute approximate surface area is 171 Å². The second-order valence-electron chi connectivity index (χ2n) is 7.32. The zero-order valence-electron chi connectivity index (χ0n) is 16.6. The van der Waals surface area contributed by atoms with E-state index in [2.05, 4.69) is 17.7 Å². The van der Waals surface area contributed by atoms with Gasteiger partial charge in [0.15, 0.2) is 0 Å². The quantitative estimate of drug-likeness (QED) is 0.306. The molecule has 0 aliphatic heterocycles. The summed E-state index contributed by atoms with van der Waals surface area (Å²) in [6.45, 7) is 2.16. The molecule has 0 radical (unpaired) electrons. The molecule has 2 rings (SSSR count). The minimum absolute atomic E-state index is 0.0469. The number of hydrogen-bond donors (Lipinski definition) is 3. The topological polar surface area (TPSA) is 140 Å². The van der Waals surface area contributed by atoms with E-state index in [0.29, 0.717) is 17.8 Å². The maximum atomic E-state index is 11.8. The lowest BCUT2D eigenvalue weighted by atomic mass is 10.0. The van der Waals surface area contributed by atoms with Gasteiger partial charge in [-0.05, 0) is 50.4 Å². The number of carbonyl (C=O) groups is 2. The Morgan fingerprint density at radius 3 is 2.66 bits per heavy atom. The van der Waals surface area contributed by atoms with E-state index in [4.69, 9.17) is 19.3 Å². The highest BCUT2D eigenvalue weighted by Crippen LogP contribution is 2.53. The molecule has 29 heavy (non-hydrogen) atoms. The minimum atomic E-state index is -4.03. The molecular weight excluding hydrogens is 404 g/mol. The fourth-order valence-electron chi connectivity index (χ4n) is 3.62. The van der Waals surface area contributed by atoms with Crippen molar-refractivity contribution in [2.45, 2.75) is 32.6 Å². The average molecular weight is 435 g/mol. The van der Waals surface area contributed by atoms with Gasteiger partial charge in [0.1, 0.15) is 6.61 Å². The van der Waals surface area contributed by atoms with Crippen molar-refractivity contribution in [3.8, 4) is 0 Å². The molecule has 166 valence electrons. The monoisotopic (exact) mass is 434 g/mol.